The van der Waals surface area contributed by atoms with Crippen LogP contribution in [-0.2, 0) is 4.79 Å². The molecule has 0 unspecified atom stereocenters. The van der Waals surface area contributed by atoms with Gasteiger partial charge in [-0.05, 0) is 23.1 Å². The van der Waals surface area contributed by atoms with E-state index in [4.69, 9.17) is 12.2 Å². The number of hydrogen-bond acceptors (Lipinski definition) is 4. The van der Waals surface area contributed by atoms with Gasteiger partial charge in [-0.15, -0.1) is 0 Å². The number of rotatable bonds is 4. The highest BCUT2D eigenvalue weighted by atomic mass is 32.2. The van der Waals surface area contributed by atoms with Crippen LogP contribution < -0.4 is 5.32 Å². The Kier molecular flexibility index (Phi) is 4.73. The predicted molar refractivity (Wildman–Crippen MR) is 114 cm³/mol. The quantitative estimate of drug-likeness (QED) is 0.506. The van der Waals surface area contributed by atoms with Gasteiger partial charge in [-0.2, -0.15) is 0 Å². The van der Waals surface area contributed by atoms with Crippen molar-refractivity contribution in [3.05, 3.63) is 83.3 Å². The molecule has 3 aromatic rings. The van der Waals surface area contributed by atoms with Gasteiger partial charge in [0.05, 0.1) is 11.6 Å². The molecular formula is C21H16N2OS2. The van der Waals surface area contributed by atoms with Crippen LogP contribution in [0.1, 0.15) is 5.56 Å². The smallest absolute Gasteiger partial charge is 0.267 e. The molecule has 0 saturated carbocycles. The lowest BCUT2D eigenvalue weighted by Gasteiger charge is -2.17. The van der Waals surface area contributed by atoms with Crippen LogP contribution in [0.15, 0.2) is 77.7 Å². The van der Waals surface area contributed by atoms with E-state index < -0.39 is 0 Å². The Labute approximate surface area is 161 Å². The molecule has 1 aliphatic rings. The first-order valence-electron chi connectivity index (χ1n) is 8.24. The molecule has 4 rings (SSSR count). The number of thiocarbonyl (C=S) groups is 1. The molecule has 1 saturated heterocycles. The zero-order chi connectivity index (χ0) is 17.9. The highest BCUT2D eigenvalue weighted by Gasteiger charge is 2.31. The van der Waals surface area contributed by atoms with Crippen molar-refractivity contribution >= 4 is 56.7 Å². The third kappa shape index (κ3) is 3.36. The molecule has 26 heavy (non-hydrogen) atoms. The van der Waals surface area contributed by atoms with Crippen LogP contribution in [0, 0.1) is 0 Å². The third-order valence-electron chi connectivity index (χ3n) is 4.19. The fourth-order valence-electron chi connectivity index (χ4n) is 2.88. The summed E-state index contributed by atoms with van der Waals surface area (Å²) in [5.41, 5.74) is 1.99. The van der Waals surface area contributed by atoms with Crippen LogP contribution in [0.25, 0.3) is 16.8 Å². The van der Waals surface area contributed by atoms with E-state index in [9.17, 15) is 4.79 Å². The van der Waals surface area contributed by atoms with E-state index in [-0.39, 0.29) is 5.91 Å². The Morgan fingerprint density at radius 2 is 1.69 bits per heavy atom. The summed E-state index contributed by atoms with van der Waals surface area (Å²) in [5, 5.41) is 5.64. The van der Waals surface area contributed by atoms with Crippen molar-refractivity contribution in [3.63, 3.8) is 0 Å². The van der Waals surface area contributed by atoms with E-state index in [1.807, 2.05) is 60.7 Å². The first-order chi connectivity index (χ1) is 12.7. The number of nitrogens with one attached hydrogen (secondary N) is 1. The zero-order valence-corrected chi connectivity index (χ0v) is 15.5. The van der Waals surface area contributed by atoms with Crippen LogP contribution in [0.5, 0.6) is 0 Å². The maximum atomic E-state index is 12.7. The molecule has 1 heterocycles. The van der Waals surface area contributed by atoms with Crippen molar-refractivity contribution in [3.8, 4) is 0 Å². The largest absolute Gasteiger partial charge is 0.367 e. The molecule has 0 radical (unpaired) electrons. The molecular weight excluding hydrogens is 360 g/mol. The van der Waals surface area contributed by atoms with Crippen molar-refractivity contribution in [2.45, 2.75) is 0 Å². The first kappa shape index (κ1) is 16.8. The van der Waals surface area contributed by atoms with Crippen LogP contribution in [0.3, 0.4) is 0 Å². The summed E-state index contributed by atoms with van der Waals surface area (Å²) in [5.74, 6) is -0.0587. The van der Waals surface area contributed by atoms with Crippen molar-refractivity contribution < 1.29 is 4.79 Å². The van der Waals surface area contributed by atoms with Gasteiger partial charge >= 0.3 is 0 Å². The minimum atomic E-state index is -0.0587. The molecule has 3 aromatic carbocycles. The van der Waals surface area contributed by atoms with Gasteiger partial charge in [-0.3, -0.25) is 9.69 Å². The number of fused-ring (bicyclic) bond motifs is 1. The molecule has 0 aliphatic carbocycles. The molecule has 1 amide bonds. The maximum Gasteiger partial charge on any atom is 0.267 e. The SMILES string of the molecule is O=C1/C(=C/c2ccccc2)SC(=S)N1CNc1cccc2ccccc12. The van der Waals surface area contributed by atoms with Gasteiger partial charge in [0.2, 0.25) is 0 Å². The van der Waals surface area contributed by atoms with Crippen LogP contribution >= 0.6 is 24.0 Å². The van der Waals surface area contributed by atoms with Gasteiger partial charge in [-0.25, -0.2) is 0 Å². The number of carbonyl (C=O) groups is 1. The summed E-state index contributed by atoms with van der Waals surface area (Å²) in [6, 6.07) is 24.1. The van der Waals surface area contributed by atoms with E-state index in [2.05, 4.69) is 23.5 Å². The molecule has 1 aliphatic heterocycles. The second kappa shape index (κ2) is 7.32. The molecule has 0 spiro atoms. The summed E-state index contributed by atoms with van der Waals surface area (Å²) in [6.07, 6.45) is 1.89. The summed E-state index contributed by atoms with van der Waals surface area (Å²) < 4.78 is 0.574. The lowest BCUT2D eigenvalue weighted by Crippen LogP contribution is -2.33. The van der Waals surface area contributed by atoms with Gasteiger partial charge in [0.1, 0.15) is 4.32 Å². The maximum absolute atomic E-state index is 12.7. The highest BCUT2D eigenvalue weighted by Crippen LogP contribution is 2.32. The third-order valence-corrected chi connectivity index (χ3v) is 5.57. The lowest BCUT2D eigenvalue weighted by atomic mass is 10.1. The second-order valence-electron chi connectivity index (χ2n) is 5.88. The molecule has 1 N–H and O–H groups in total. The molecule has 0 bridgehead atoms. The summed E-state index contributed by atoms with van der Waals surface area (Å²) in [7, 11) is 0. The highest BCUT2D eigenvalue weighted by molar-refractivity contribution is 8.26. The number of anilines is 1. The second-order valence-corrected chi connectivity index (χ2v) is 7.56. The van der Waals surface area contributed by atoms with Crippen LogP contribution in [0.2, 0.25) is 0 Å². The summed E-state index contributed by atoms with van der Waals surface area (Å²) in [4.78, 5) is 15.0. The Morgan fingerprint density at radius 1 is 0.962 bits per heavy atom. The normalized spacial score (nSPS) is 15.8. The van der Waals surface area contributed by atoms with Crippen molar-refractivity contribution in [1.82, 2.24) is 4.90 Å². The van der Waals surface area contributed by atoms with Crippen molar-refractivity contribution in [1.29, 1.82) is 0 Å². The van der Waals surface area contributed by atoms with E-state index in [0.29, 0.717) is 15.9 Å². The fourth-order valence-corrected chi connectivity index (χ4v) is 4.14. The number of hydrogen-bond donors (Lipinski definition) is 1. The molecule has 5 heteroatoms. The standard InChI is InChI=1S/C21H16N2OS2/c24-20-19(13-15-7-2-1-3-8-15)26-21(25)23(20)14-22-18-12-6-10-16-9-4-5-11-17(16)18/h1-13,22H,14H2/b19-13-. The van der Waals surface area contributed by atoms with Gasteiger partial charge in [0, 0.05) is 11.1 Å². The zero-order valence-electron chi connectivity index (χ0n) is 13.9. The predicted octanol–water partition coefficient (Wildman–Crippen LogP) is 5.11. The molecule has 0 aromatic heterocycles. The topological polar surface area (TPSA) is 32.3 Å². The molecule has 1 fully saturated rings. The van der Waals surface area contributed by atoms with E-state index in [1.165, 1.54) is 11.8 Å². The minimum absolute atomic E-state index is 0.0587. The molecule has 0 atom stereocenters. The summed E-state index contributed by atoms with van der Waals surface area (Å²) in [6.45, 7) is 0.352. The number of carbonyl (C=O) groups excluding carboxylic acids is 1. The van der Waals surface area contributed by atoms with Gasteiger partial charge < -0.3 is 5.32 Å². The van der Waals surface area contributed by atoms with Crippen LogP contribution in [0.4, 0.5) is 5.69 Å². The molecule has 3 nitrogen and oxygen atoms in total. The van der Waals surface area contributed by atoms with Gasteiger partial charge in [0.25, 0.3) is 5.91 Å². The Morgan fingerprint density at radius 3 is 2.54 bits per heavy atom. The number of amides is 1. The van der Waals surface area contributed by atoms with Gasteiger partial charge in [-0.1, -0.05) is 90.7 Å². The first-order valence-corrected chi connectivity index (χ1v) is 9.47. The van der Waals surface area contributed by atoms with Crippen molar-refractivity contribution in [2.24, 2.45) is 0 Å². The monoisotopic (exact) mass is 376 g/mol. The average Bonchev–Trinajstić information content (AvgIpc) is 2.94. The van der Waals surface area contributed by atoms with E-state index >= 15 is 0 Å². The average molecular weight is 377 g/mol. The Hall–Kier alpha value is -2.63. The summed E-state index contributed by atoms with van der Waals surface area (Å²) >= 11 is 6.75. The lowest BCUT2D eigenvalue weighted by molar-refractivity contribution is -0.121. The number of thioether (sulfide) groups is 1. The number of benzene rings is 3. The Bertz CT molecular complexity index is 1010. The Balaban J connectivity index is 1.52. The van der Waals surface area contributed by atoms with Gasteiger partial charge in [0.15, 0.2) is 0 Å². The minimum Gasteiger partial charge on any atom is -0.367 e. The molecule has 128 valence electrons. The van der Waals surface area contributed by atoms with Crippen LogP contribution in [-0.4, -0.2) is 21.8 Å². The number of nitrogens with zero attached hydrogens (tertiary/aromatic N) is 1. The van der Waals surface area contributed by atoms with Crippen molar-refractivity contribution in [2.75, 3.05) is 12.0 Å². The van der Waals surface area contributed by atoms with E-state index in [0.717, 1.165) is 22.0 Å². The van der Waals surface area contributed by atoms with E-state index in [1.54, 1.807) is 4.90 Å². The fraction of sp³-hybridized carbons (Fsp3) is 0.0476.